The minimum atomic E-state index is -0.190. The smallest absolute Gasteiger partial charge is 0.409 e. The molecule has 1 aliphatic heterocycles. The predicted octanol–water partition coefficient (Wildman–Crippen LogP) is 1.61. The first kappa shape index (κ1) is 11.7. The molecule has 4 nitrogen and oxygen atoms in total. The average Bonchev–Trinajstić information content (AvgIpc) is 2.96. The molecule has 2 rings (SSSR count). The van der Waals surface area contributed by atoms with Crippen LogP contribution in [0.5, 0.6) is 0 Å². The van der Waals surface area contributed by atoms with Crippen LogP contribution >= 0.6 is 0 Å². The van der Waals surface area contributed by atoms with Gasteiger partial charge in [0.2, 0.25) is 0 Å². The Morgan fingerprint density at radius 2 is 2.12 bits per heavy atom. The zero-order valence-electron chi connectivity index (χ0n) is 10.1. The summed E-state index contributed by atoms with van der Waals surface area (Å²) in [5.41, 5.74) is 0. The summed E-state index contributed by atoms with van der Waals surface area (Å²) < 4.78 is 4.72. The zero-order chi connectivity index (χ0) is 11.4. The molecule has 0 bridgehead atoms. The molecule has 0 aromatic heterocycles. The fourth-order valence-corrected chi connectivity index (χ4v) is 2.77. The van der Waals surface area contributed by atoms with Crippen molar-refractivity contribution < 1.29 is 9.53 Å². The Kier molecular flexibility index (Phi) is 4.04. The number of rotatable bonds is 3. The van der Waals surface area contributed by atoms with Crippen LogP contribution in [0.25, 0.3) is 0 Å². The van der Waals surface area contributed by atoms with Crippen molar-refractivity contribution in [1.29, 1.82) is 0 Å². The van der Waals surface area contributed by atoms with Gasteiger partial charge in [0.25, 0.3) is 0 Å². The van der Waals surface area contributed by atoms with Crippen molar-refractivity contribution in [2.75, 3.05) is 26.7 Å². The van der Waals surface area contributed by atoms with Gasteiger partial charge in [0.05, 0.1) is 7.11 Å². The number of nitrogens with zero attached hydrogens (tertiary/aromatic N) is 1. The molecule has 0 aromatic rings. The number of carbonyl (C=O) groups is 1. The van der Waals surface area contributed by atoms with Gasteiger partial charge >= 0.3 is 6.09 Å². The van der Waals surface area contributed by atoms with Gasteiger partial charge in [-0.15, -0.1) is 0 Å². The molecule has 0 radical (unpaired) electrons. The van der Waals surface area contributed by atoms with Crippen LogP contribution in [0, 0.1) is 5.92 Å². The van der Waals surface area contributed by atoms with E-state index < -0.39 is 0 Å². The number of amides is 1. The highest BCUT2D eigenvalue weighted by molar-refractivity contribution is 5.67. The summed E-state index contributed by atoms with van der Waals surface area (Å²) in [5, 5.41) is 3.58. The topological polar surface area (TPSA) is 41.6 Å². The van der Waals surface area contributed by atoms with Crippen molar-refractivity contribution in [3.05, 3.63) is 0 Å². The second-order valence-corrected chi connectivity index (χ2v) is 4.96. The minimum absolute atomic E-state index is 0.190. The third-order valence-electron chi connectivity index (χ3n) is 3.79. The van der Waals surface area contributed by atoms with Crippen LogP contribution in [0.15, 0.2) is 0 Å². The van der Waals surface area contributed by atoms with E-state index in [1.165, 1.54) is 32.8 Å². The van der Waals surface area contributed by atoms with Gasteiger partial charge in [0.15, 0.2) is 0 Å². The van der Waals surface area contributed by atoms with Gasteiger partial charge in [-0.25, -0.2) is 4.79 Å². The molecule has 16 heavy (non-hydrogen) atoms. The molecule has 1 amide bonds. The number of carbonyl (C=O) groups excluding carboxylic acids is 1. The van der Waals surface area contributed by atoms with Gasteiger partial charge < -0.3 is 15.0 Å². The Morgan fingerprint density at radius 1 is 1.38 bits per heavy atom. The molecule has 0 aromatic carbocycles. The summed E-state index contributed by atoms with van der Waals surface area (Å²) in [5.74, 6) is 0.868. The van der Waals surface area contributed by atoms with Crippen molar-refractivity contribution in [1.82, 2.24) is 10.2 Å². The lowest BCUT2D eigenvalue weighted by Crippen LogP contribution is -2.37. The summed E-state index contributed by atoms with van der Waals surface area (Å²) >= 11 is 0. The Bertz CT molecular complexity index is 239. The second kappa shape index (κ2) is 5.53. The predicted molar refractivity (Wildman–Crippen MR) is 62.3 cm³/mol. The van der Waals surface area contributed by atoms with Gasteiger partial charge in [-0.1, -0.05) is 12.8 Å². The van der Waals surface area contributed by atoms with E-state index >= 15 is 0 Å². The summed E-state index contributed by atoms with van der Waals surface area (Å²) in [4.78, 5) is 13.1. The Balaban J connectivity index is 1.66. The van der Waals surface area contributed by atoms with Gasteiger partial charge in [0.1, 0.15) is 0 Å². The molecule has 1 aliphatic carbocycles. The van der Waals surface area contributed by atoms with Crippen LogP contribution in [-0.2, 0) is 4.74 Å². The van der Waals surface area contributed by atoms with Gasteiger partial charge in [-0.2, -0.15) is 0 Å². The number of likely N-dealkylation sites (tertiary alicyclic amines) is 1. The summed E-state index contributed by atoms with van der Waals surface area (Å²) in [6.07, 6.45) is 6.41. The molecular weight excluding hydrogens is 204 g/mol. The van der Waals surface area contributed by atoms with E-state index in [2.05, 4.69) is 5.32 Å². The van der Waals surface area contributed by atoms with Crippen molar-refractivity contribution in [3.63, 3.8) is 0 Å². The van der Waals surface area contributed by atoms with Gasteiger partial charge in [-0.3, -0.25) is 0 Å². The second-order valence-electron chi connectivity index (χ2n) is 4.96. The standard InChI is InChI=1S/C12H22N2O2/c1-16-12(15)14-7-6-11(9-14)13-8-10-4-2-3-5-10/h10-11,13H,2-9H2,1H3. The maximum absolute atomic E-state index is 11.3. The van der Waals surface area contributed by atoms with Crippen LogP contribution in [-0.4, -0.2) is 43.8 Å². The van der Waals surface area contributed by atoms with E-state index in [1.807, 2.05) is 0 Å². The van der Waals surface area contributed by atoms with E-state index in [4.69, 9.17) is 4.74 Å². The van der Waals surface area contributed by atoms with Crippen molar-refractivity contribution in [2.45, 2.75) is 38.1 Å². The lowest BCUT2D eigenvalue weighted by atomic mass is 10.1. The Labute approximate surface area is 97.3 Å². The van der Waals surface area contributed by atoms with Gasteiger partial charge in [0, 0.05) is 19.1 Å². The molecule has 1 saturated heterocycles. The number of ether oxygens (including phenoxy) is 1. The summed E-state index contributed by atoms with van der Waals surface area (Å²) in [7, 11) is 1.45. The highest BCUT2D eigenvalue weighted by atomic mass is 16.5. The maximum Gasteiger partial charge on any atom is 0.409 e. The van der Waals surface area contributed by atoms with Crippen LogP contribution in [0.4, 0.5) is 4.79 Å². The van der Waals surface area contributed by atoms with E-state index in [9.17, 15) is 4.79 Å². The number of hydrogen-bond acceptors (Lipinski definition) is 3. The Morgan fingerprint density at radius 3 is 2.81 bits per heavy atom. The van der Waals surface area contributed by atoms with E-state index in [0.717, 1.165) is 32.0 Å². The summed E-state index contributed by atoms with van der Waals surface area (Å²) in [6.45, 7) is 2.76. The van der Waals surface area contributed by atoms with Crippen molar-refractivity contribution >= 4 is 6.09 Å². The minimum Gasteiger partial charge on any atom is -0.453 e. The van der Waals surface area contributed by atoms with Crippen molar-refractivity contribution in [2.24, 2.45) is 5.92 Å². The lowest BCUT2D eigenvalue weighted by molar-refractivity contribution is 0.132. The van der Waals surface area contributed by atoms with Crippen LogP contribution < -0.4 is 5.32 Å². The quantitative estimate of drug-likeness (QED) is 0.795. The van der Waals surface area contributed by atoms with Gasteiger partial charge in [-0.05, 0) is 31.7 Å². The molecular formula is C12H22N2O2. The van der Waals surface area contributed by atoms with E-state index in [0.29, 0.717) is 6.04 Å². The van der Waals surface area contributed by atoms with Crippen LogP contribution in [0.2, 0.25) is 0 Å². The molecule has 92 valence electrons. The first-order chi connectivity index (χ1) is 7.79. The highest BCUT2D eigenvalue weighted by Crippen LogP contribution is 2.24. The number of methoxy groups -OCH3 is 1. The van der Waals surface area contributed by atoms with Crippen LogP contribution in [0.3, 0.4) is 0 Å². The summed E-state index contributed by atoms with van der Waals surface area (Å²) in [6, 6.07) is 0.472. The fourth-order valence-electron chi connectivity index (χ4n) is 2.77. The Hall–Kier alpha value is -0.770. The molecule has 1 heterocycles. The number of hydrogen-bond donors (Lipinski definition) is 1. The molecule has 2 fully saturated rings. The normalized spacial score (nSPS) is 26.3. The van der Waals surface area contributed by atoms with E-state index in [1.54, 1.807) is 4.90 Å². The zero-order valence-corrected chi connectivity index (χ0v) is 10.1. The first-order valence-electron chi connectivity index (χ1n) is 6.36. The average molecular weight is 226 g/mol. The monoisotopic (exact) mass is 226 g/mol. The maximum atomic E-state index is 11.3. The molecule has 1 atom stereocenters. The molecule has 1 N–H and O–H groups in total. The first-order valence-corrected chi connectivity index (χ1v) is 6.36. The highest BCUT2D eigenvalue weighted by Gasteiger charge is 2.27. The third kappa shape index (κ3) is 2.88. The molecule has 1 saturated carbocycles. The molecule has 2 aliphatic rings. The molecule has 4 heteroatoms. The number of nitrogens with one attached hydrogen (secondary N) is 1. The fraction of sp³-hybridized carbons (Fsp3) is 0.917. The molecule has 1 unspecified atom stereocenters. The van der Waals surface area contributed by atoms with E-state index in [-0.39, 0.29) is 6.09 Å². The SMILES string of the molecule is COC(=O)N1CCC(NCC2CCCC2)C1. The van der Waals surface area contributed by atoms with Crippen LogP contribution in [0.1, 0.15) is 32.1 Å². The largest absolute Gasteiger partial charge is 0.453 e. The lowest BCUT2D eigenvalue weighted by Gasteiger charge is -2.17. The molecule has 0 spiro atoms. The van der Waals surface area contributed by atoms with Crippen molar-refractivity contribution in [3.8, 4) is 0 Å². The third-order valence-corrected chi connectivity index (χ3v) is 3.79.